The largest absolute Gasteiger partial charge is 0.273 e. The number of rotatable bonds is 1. The molecule has 0 radical (unpaired) electrons. The van der Waals surface area contributed by atoms with Gasteiger partial charge in [0.2, 0.25) is 5.91 Å². The molecule has 84 valence electrons. The van der Waals surface area contributed by atoms with E-state index in [2.05, 4.69) is 22.6 Å². The molecule has 2 rings (SSSR count). The van der Waals surface area contributed by atoms with Gasteiger partial charge in [-0.25, -0.2) is 0 Å². The van der Waals surface area contributed by atoms with Crippen LogP contribution in [0.3, 0.4) is 0 Å². The molecule has 1 unspecified atom stereocenters. The zero-order valence-corrected chi connectivity index (χ0v) is 12.8. The van der Waals surface area contributed by atoms with Gasteiger partial charge in [-0.2, -0.15) is 0 Å². The Kier molecular flexibility index (Phi) is 3.78. The Labute approximate surface area is 122 Å². The quantitative estimate of drug-likeness (QED) is 0.545. The summed E-state index contributed by atoms with van der Waals surface area (Å²) in [7, 11) is 0. The van der Waals surface area contributed by atoms with Crippen LogP contribution in [-0.2, 0) is 4.79 Å². The molecule has 2 nitrogen and oxygen atoms in total. The van der Waals surface area contributed by atoms with Crippen molar-refractivity contribution < 1.29 is 4.79 Å². The number of carbonyl (C=O) groups excluding carboxylic acids is 1. The van der Waals surface area contributed by atoms with Gasteiger partial charge < -0.3 is 0 Å². The molecular weight excluding hydrogens is 377 g/mol. The Morgan fingerprint density at radius 1 is 1.56 bits per heavy atom. The summed E-state index contributed by atoms with van der Waals surface area (Å²) in [5.74, 6) is 0.0206. The van der Waals surface area contributed by atoms with Crippen LogP contribution in [0.2, 0.25) is 5.02 Å². The van der Waals surface area contributed by atoms with Gasteiger partial charge >= 0.3 is 0 Å². The molecule has 16 heavy (non-hydrogen) atoms. The third-order valence-electron chi connectivity index (χ3n) is 2.19. The first-order chi connectivity index (χ1) is 7.50. The highest BCUT2D eigenvalue weighted by atomic mass is 127. The van der Waals surface area contributed by atoms with Crippen LogP contribution in [0.4, 0.5) is 5.69 Å². The summed E-state index contributed by atoms with van der Waals surface area (Å²) >= 11 is 14.8. The van der Waals surface area contributed by atoms with Crippen molar-refractivity contribution in [1.82, 2.24) is 0 Å². The fourth-order valence-electron chi connectivity index (χ4n) is 1.38. The van der Waals surface area contributed by atoms with E-state index in [-0.39, 0.29) is 11.2 Å². The van der Waals surface area contributed by atoms with Crippen molar-refractivity contribution in [2.75, 3.05) is 4.90 Å². The first kappa shape index (κ1) is 12.6. The lowest BCUT2D eigenvalue weighted by atomic mass is 10.3. The monoisotopic (exact) mass is 383 g/mol. The zero-order valence-electron chi connectivity index (χ0n) is 8.24. The summed E-state index contributed by atoms with van der Waals surface area (Å²) in [4.78, 5) is 13.4. The second-order valence-electron chi connectivity index (χ2n) is 3.30. The minimum atomic E-state index is -0.106. The number of thiocarbonyl (C=S) groups is 1. The van der Waals surface area contributed by atoms with Crippen LogP contribution in [0.1, 0.15) is 6.92 Å². The molecule has 0 aromatic heterocycles. The first-order valence-corrected chi connectivity index (χ1v) is 7.25. The maximum Gasteiger partial charge on any atom is 0.245 e. The summed E-state index contributed by atoms with van der Waals surface area (Å²) in [5, 5.41) is 0.531. The second kappa shape index (κ2) is 4.80. The van der Waals surface area contributed by atoms with Gasteiger partial charge in [0.05, 0.1) is 16.0 Å². The van der Waals surface area contributed by atoms with Crippen LogP contribution in [0.5, 0.6) is 0 Å². The van der Waals surface area contributed by atoms with E-state index < -0.39 is 0 Å². The summed E-state index contributed by atoms with van der Waals surface area (Å²) < 4.78 is 1.55. The van der Waals surface area contributed by atoms with Crippen molar-refractivity contribution in [3.05, 3.63) is 26.8 Å². The van der Waals surface area contributed by atoms with Crippen molar-refractivity contribution in [1.29, 1.82) is 0 Å². The first-order valence-electron chi connectivity index (χ1n) is 4.50. The fraction of sp³-hybridized carbons (Fsp3) is 0.200. The van der Waals surface area contributed by atoms with Crippen LogP contribution >= 0.6 is 58.2 Å². The smallest absolute Gasteiger partial charge is 0.245 e. The minimum absolute atomic E-state index is 0.0206. The van der Waals surface area contributed by atoms with Crippen LogP contribution in [0.25, 0.3) is 0 Å². The van der Waals surface area contributed by atoms with E-state index >= 15 is 0 Å². The van der Waals surface area contributed by atoms with Gasteiger partial charge in [-0.15, -0.1) is 0 Å². The van der Waals surface area contributed by atoms with Gasteiger partial charge in [-0.3, -0.25) is 9.69 Å². The van der Waals surface area contributed by atoms with Crippen molar-refractivity contribution in [3.8, 4) is 0 Å². The highest BCUT2D eigenvalue weighted by molar-refractivity contribution is 14.1. The molecule has 1 atom stereocenters. The van der Waals surface area contributed by atoms with Crippen molar-refractivity contribution >= 4 is 74.1 Å². The molecule has 0 bridgehead atoms. The van der Waals surface area contributed by atoms with Crippen LogP contribution in [0, 0.1) is 3.57 Å². The Balaban J connectivity index is 2.41. The number of benzene rings is 1. The van der Waals surface area contributed by atoms with E-state index in [9.17, 15) is 4.79 Å². The van der Waals surface area contributed by atoms with Crippen molar-refractivity contribution in [2.45, 2.75) is 12.2 Å². The molecule has 1 heterocycles. The molecule has 0 spiro atoms. The van der Waals surface area contributed by atoms with Crippen molar-refractivity contribution in [2.24, 2.45) is 0 Å². The molecule has 1 fully saturated rings. The van der Waals surface area contributed by atoms with Gasteiger partial charge in [0.1, 0.15) is 4.32 Å². The fourth-order valence-corrected chi connectivity index (χ4v) is 3.33. The Hall–Kier alpha value is 0.150. The third-order valence-corrected chi connectivity index (χ3v) is 5.17. The predicted octanol–water partition coefficient (Wildman–Crippen LogP) is 3.70. The minimum Gasteiger partial charge on any atom is -0.273 e. The number of halogens is 2. The van der Waals surface area contributed by atoms with E-state index in [1.165, 1.54) is 11.8 Å². The number of carbonyl (C=O) groups is 1. The molecule has 1 aromatic rings. The predicted molar refractivity (Wildman–Crippen MR) is 81.3 cm³/mol. The van der Waals surface area contributed by atoms with E-state index in [4.69, 9.17) is 23.8 Å². The van der Waals surface area contributed by atoms with Crippen LogP contribution < -0.4 is 4.90 Å². The number of hydrogen-bond acceptors (Lipinski definition) is 3. The SMILES string of the molecule is CC1SC(=S)N(c2ccc(I)c(Cl)c2)C1=O. The van der Waals surface area contributed by atoms with Gasteiger partial charge in [0.25, 0.3) is 0 Å². The van der Waals surface area contributed by atoms with Gasteiger partial charge in [0, 0.05) is 3.57 Å². The molecule has 6 heteroatoms. The lowest BCUT2D eigenvalue weighted by molar-refractivity contribution is -0.116. The number of amides is 1. The molecule has 0 aliphatic carbocycles. The second-order valence-corrected chi connectivity index (χ2v) is 6.84. The molecular formula is C10H7ClINOS2. The third kappa shape index (κ3) is 2.23. The van der Waals surface area contributed by atoms with E-state index in [0.29, 0.717) is 9.34 Å². The summed E-state index contributed by atoms with van der Waals surface area (Å²) in [5.41, 5.74) is 0.747. The van der Waals surface area contributed by atoms with Gasteiger partial charge in [0.15, 0.2) is 0 Å². The average Bonchev–Trinajstić information content (AvgIpc) is 2.47. The number of hydrogen-bond donors (Lipinski definition) is 0. The van der Waals surface area contributed by atoms with Crippen molar-refractivity contribution in [3.63, 3.8) is 0 Å². The highest BCUT2D eigenvalue weighted by Gasteiger charge is 2.34. The molecule has 1 aliphatic rings. The molecule has 1 saturated heterocycles. The molecule has 0 saturated carbocycles. The maximum absolute atomic E-state index is 11.9. The lowest BCUT2D eigenvalue weighted by Gasteiger charge is -2.15. The van der Waals surface area contributed by atoms with Crippen LogP contribution in [0.15, 0.2) is 18.2 Å². The summed E-state index contributed by atoms with van der Waals surface area (Å²) in [6, 6.07) is 5.50. The highest BCUT2D eigenvalue weighted by Crippen LogP contribution is 2.33. The zero-order chi connectivity index (χ0) is 11.9. The van der Waals surface area contributed by atoms with E-state index in [1.807, 2.05) is 19.1 Å². The topological polar surface area (TPSA) is 20.3 Å². The molecule has 1 amide bonds. The van der Waals surface area contributed by atoms with Crippen LogP contribution in [-0.4, -0.2) is 15.5 Å². The van der Waals surface area contributed by atoms with E-state index in [1.54, 1.807) is 11.0 Å². The number of nitrogens with zero attached hydrogens (tertiary/aromatic N) is 1. The lowest BCUT2D eigenvalue weighted by Crippen LogP contribution is -2.30. The van der Waals surface area contributed by atoms with Gasteiger partial charge in [-0.05, 0) is 47.7 Å². The maximum atomic E-state index is 11.9. The Morgan fingerprint density at radius 2 is 2.25 bits per heavy atom. The molecule has 1 aliphatic heterocycles. The van der Waals surface area contributed by atoms with E-state index in [0.717, 1.165) is 9.26 Å². The molecule has 0 N–H and O–H groups in total. The Bertz CT molecular complexity index is 480. The summed E-state index contributed by atoms with van der Waals surface area (Å²) in [6.07, 6.45) is 0. The number of thioether (sulfide) groups is 1. The normalized spacial score (nSPS) is 20.7. The summed E-state index contributed by atoms with van der Waals surface area (Å²) in [6.45, 7) is 1.85. The van der Waals surface area contributed by atoms with Gasteiger partial charge in [-0.1, -0.05) is 35.6 Å². The standard InChI is InChI=1S/C10H7ClINOS2/c1-5-9(14)13(10(15)16-5)6-2-3-8(12)7(11)4-6/h2-5H,1H3. The average molecular weight is 384 g/mol. The Morgan fingerprint density at radius 3 is 2.75 bits per heavy atom. The number of anilines is 1. The molecule has 1 aromatic carbocycles.